The van der Waals surface area contributed by atoms with E-state index in [1.165, 1.54) is 36.4 Å². The van der Waals surface area contributed by atoms with Gasteiger partial charge in [-0.05, 0) is 35.4 Å². The minimum Gasteiger partial charge on any atom is -0.478 e. The first-order valence-electron chi connectivity index (χ1n) is 9.43. The average Bonchev–Trinajstić information content (AvgIpc) is 2.81. The molecule has 0 saturated heterocycles. The van der Waals surface area contributed by atoms with E-state index in [0.29, 0.717) is 11.1 Å². The second kappa shape index (κ2) is 10.0. The van der Waals surface area contributed by atoms with Crippen LogP contribution in [0.5, 0.6) is 0 Å². The molecule has 162 valence electrons. The number of carbonyl (C=O) groups is 4. The third kappa shape index (κ3) is 5.37. The average molecular weight is 434 g/mol. The summed E-state index contributed by atoms with van der Waals surface area (Å²) in [5, 5.41) is 18.3. The van der Waals surface area contributed by atoms with Crippen molar-refractivity contribution in [3.63, 3.8) is 0 Å². The number of esters is 2. The Hall–Kier alpha value is -4.46. The van der Waals surface area contributed by atoms with Crippen LogP contribution in [0, 0.1) is 0 Å². The van der Waals surface area contributed by atoms with Gasteiger partial charge in [0.25, 0.3) is 0 Å². The Morgan fingerprint density at radius 1 is 0.531 bits per heavy atom. The Labute approximate surface area is 182 Å². The van der Waals surface area contributed by atoms with Gasteiger partial charge in [0.2, 0.25) is 0 Å². The highest BCUT2D eigenvalue weighted by Gasteiger charge is 2.18. The number of ether oxygens (including phenoxy) is 2. The SMILES string of the molecule is O=C(O)c1ccccc1C(=O)OCc1ccc(COC(=O)c2ccccc2C(=O)O)cc1. The lowest BCUT2D eigenvalue weighted by atomic mass is 10.1. The molecule has 32 heavy (non-hydrogen) atoms. The van der Waals surface area contributed by atoms with Crippen LogP contribution in [0.15, 0.2) is 72.8 Å². The first-order chi connectivity index (χ1) is 15.4. The monoisotopic (exact) mass is 434 g/mol. The summed E-state index contributed by atoms with van der Waals surface area (Å²) in [7, 11) is 0. The molecule has 0 atom stereocenters. The van der Waals surface area contributed by atoms with Gasteiger partial charge in [-0.3, -0.25) is 0 Å². The van der Waals surface area contributed by atoms with Gasteiger partial charge in [-0.2, -0.15) is 0 Å². The molecule has 0 aliphatic heterocycles. The molecule has 0 amide bonds. The molecular weight excluding hydrogens is 416 g/mol. The van der Waals surface area contributed by atoms with Crippen molar-refractivity contribution in [2.75, 3.05) is 0 Å². The number of carboxylic acids is 2. The fraction of sp³-hybridized carbons (Fsp3) is 0.0833. The Kier molecular flexibility index (Phi) is 6.97. The minimum atomic E-state index is -1.22. The zero-order valence-electron chi connectivity index (χ0n) is 16.7. The van der Waals surface area contributed by atoms with Crippen LogP contribution in [0.2, 0.25) is 0 Å². The normalized spacial score (nSPS) is 10.2. The highest BCUT2D eigenvalue weighted by molar-refractivity contribution is 6.03. The van der Waals surface area contributed by atoms with E-state index in [-0.39, 0.29) is 35.5 Å². The summed E-state index contributed by atoms with van der Waals surface area (Å²) in [6.45, 7) is -0.141. The first-order valence-corrected chi connectivity index (χ1v) is 9.43. The first kappa shape index (κ1) is 22.2. The van der Waals surface area contributed by atoms with Gasteiger partial charge in [-0.1, -0.05) is 48.5 Å². The molecular formula is C24H18O8. The van der Waals surface area contributed by atoms with Gasteiger partial charge >= 0.3 is 23.9 Å². The summed E-state index contributed by atoms with van der Waals surface area (Å²) in [5.74, 6) is -3.94. The van der Waals surface area contributed by atoms with Crippen LogP contribution in [0.25, 0.3) is 0 Å². The van der Waals surface area contributed by atoms with Crippen molar-refractivity contribution in [3.8, 4) is 0 Å². The van der Waals surface area contributed by atoms with E-state index in [2.05, 4.69) is 0 Å². The molecule has 3 aromatic rings. The van der Waals surface area contributed by atoms with Crippen LogP contribution in [0.4, 0.5) is 0 Å². The molecule has 0 aromatic heterocycles. The number of aromatic carboxylic acids is 2. The van der Waals surface area contributed by atoms with E-state index in [9.17, 15) is 19.2 Å². The summed E-state index contributed by atoms with van der Waals surface area (Å²) >= 11 is 0. The smallest absolute Gasteiger partial charge is 0.339 e. The Morgan fingerprint density at radius 3 is 1.16 bits per heavy atom. The topological polar surface area (TPSA) is 127 Å². The van der Waals surface area contributed by atoms with Crippen LogP contribution in [0.3, 0.4) is 0 Å². The largest absolute Gasteiger partial charge is 0.478 e. The van der Waals surface area contributed by atoms with Crippen molar-refractivity contribution >= 4 is 23.9 Å². The fourth-order valence-electron chi connectivity index (χ4n) is 2.88. The molecule has 0 heterocycles. The van der Waals surface area contributed by atoms with Gasteiger partial charge < -0.3 is 19.7 Å². The van der Waals surface area contributed by atoms with Gasteiger partial charge in [0.05, 0.1) is 22.3 Å². The van der Waals surface area contributed by atoms with Gasteiger partial charge in [-0.15, -0.1) is 0 Å². The van der Waals surface area contributed by atoms with Gasteiger partial charge in [0, 0.05) is 0 Å². The number of carboxylic acid groups (broad SMARTS) is 2. The molecule has 0 spiro atoms. The second-order valence-corrected chi connectivity index (χ2v) is 6.67. The molecule has 0 saturated carbocycles. The van der Waals surface area contributed by atoms with E-state index in [4.69, 9.17) is 19.7 Å². The van der Waals surface area contributed by atoms with Crippen molar-refractivity contribution in [2.24, 2.45) is 0 Å². The second-order valence-electron chi connectivity index (χ2n) is 6.67. The van der Waals surface area contributed by atoms with Crippen molar-refractivity contribution < 1.29 is 38.9 Å². The van der Waals surface area contributed by atoms with Crippen LogP contribution in [0.1, 0.15) is 52.6 Å². The van der Waals surface area contributed by atoms with Gasteiger partial charge in [0.15, 0.2) is 0 Å². The van der Waals surface area contributed by atoms with Gasteiger partial charge in [0.1, 0.15) is 13.2 Å². The molecule has 8 nitrogen and oxygen atoms in total. The lowest BCUT2D eigenvalue weighted by Gasteiger charge is -2.09. The Bertz CT molecular complexity index is 1070. The van der Waals surface area contributed by atoms with Crippen LogP contribution in [-0.4, -0.2) is 34.1 Å². The highest BCUT2D eigenvalue weighted by Crippen LogP contribution is 2.15. The van der Waals surface area contributed by atoms with Gasteiger partial charge in [-0.25, -0.2) is 19.2 Å². The maximum atomic E-state index is 12.2. The number of hydrogen-bond donors (Lipinski definition) is 2. The summed E-state index contributed by atoms with van der Waals surface area (Å²) in [4.78, 5) is 46.9. The van der Waals surface area contributed by atoms with E-state index in [0.717, 1.165) is 0 Å². The van der Waals surface area contributed by atoms with E-state index in [1.54, 1.807) is 36.4 Å². The van der Waals surface area contributed by atoms with Crippen molar-refractivity contribution in [2.45, 2.75) is 13.2 Å². The van der Waals surface area contributed by atoms with E-state index >= 15 is 0 Å². The number of carbonyl (C=O) groups excluding carboxylic acids is 2. The van der Waals surface area contributed by atoms with Crippen molar-refractivity contribution in [3.05, 3.63) is 106 Å². The van der Waals surface area contributed by atoms with Crippen molar-refractivity contribution in [1.29, 1.82) is 0 Å². The third-order valence-corrected chi connectivity index (χ3v) is 4.52. The van der Waals surface area contributed by atoms with Crippen LogP contribution < -0.4 is 0 Å². The molecule has 3 rings (SSSR count). The molecule has 0 fully saturated rings. The lowest BCUT2D eigenvalue weighted by Crippen LogP contribution is -2.12. The summed E-state index contributed by atoms with van der Waals surface area (Å²) in [6.07, 6.45) is 0. The number of benzene rings is 3. The highest BCUT2D eigenvalue weighted by atomic mass is 16.5. The maximum Gasteiger partial charge on any atom is 0.339 e. The van der Waals surface area contributed by atoms with E-state index in [1.807, 2.05) is 0 Å². The maximum absolute atomic E-state index is 12.2. The zero-order valence-corrected chi connectivity index (χ0v) is 16.7. The summed E-state index contributed by atoms with van der Waals surface area (Å²) in [6, 6.07) is 18.2. The predicted molar refractivity (Wildman–Crippen MR) is 111 cm³/mol. The standard InChI is InChI=1S/C24H18O8/c25-21(26)17-5-1-3-7-19(17)23(29)31-13-15-9-11-16(12-10-15)14-32-24(30)20-8-4-2-6-18(20)22(27)28/h1-12H,13-14H2,(H,25,26)(H,27,28). The van der Waals surface area contributed by atoms with Crippen molar-refractivity contribution in [1.82, 2.24) is 0 Å². The summed E-state index contributed by atoms with van der Waals surface area (Å²) < 4.78 is 10.4. The molecule has 3 aromatic carbocycles. The van der Waals surface area contributed by atoms with E-state index < -0.39 is 23.9 Å². The van der Waals surface area contributed by atoms with Crippen LogP contribution >= 0.6 is 0 Å². The quantitative estimate of drug-likeness (QED) is 0.513. The fourth-order valence-corrected chi connectivity index (χ4v) is 2.88. The lowest BCUT2D eigenvalue weighted by molar-refractivity contribution is 0.0454. The molecule has 0 aliphatic rings. The Balaban J connectivity index is 1.57. The molecule has 0 unspecified atom stereocenters. The third-order valence-electron chi connectivity index (χ3n) is 4.52. The molecule has 0 radical (unpaired) electrons. The predicted octanol–water partition coefficient (Wildman–Crippen LogP) is 3.80. The number of hydrogen-bond acceptors (Lipinski definition) is 6. The minimum absolute atomic E-state index is 0.0369. The van der Waals surface area contributed by atoms with Crippen LogP contribution in [-0.2, 0) is 22.7 Å². The molecule has 8 heteroatoms. The summed E-state index contributed by atoms with van der Waals surface area (Å²) in [5.41, 5.74) is 0.948. The molecule has 2 N–H and O–H groups in total. The zero-order chi connectivity index (χ0) is 23.1. The molecule has 0 bridgehead atoms. The Morgan fingerprint density at radius 2 is 0.844 bits per heavy atom. The molecule has 0 aliphatic carbocycles. The number of rotatable bonds is 8.